The smallest absolute Gasteiger partial charge is 0.228 e. The van der Waals surface area contributed by atoms with Gasteiger partial charge in [-0.15, -0.1) is 0 Å². The third-order valence-electron chi connectivity index (χ3n) is 4.27. The van der Waals surface area contributed by atoms with Gasteiger partial charge < -0.3 is 5.43 Å². The number of benzene rings is 3. The molecule has 3 heteroatoms. The molecule has 1 aliphatic rings. The first-order valence-electron chi connectivity index (χ1n) is 8.28. The molecule has 3 nitrogen and oxygen atoms in total. The van der Waals surface area contributed by atoms with Crippen LogP contribution in [0.5, 0.6) is 0 Å². The average molecular weight is 325 g/mol. The summed E-state index contributed by atoms with van der Waals surface area (Å²) in [6.45, 7) is 6.34. The van der Waals surface area contributed by atoms with Gasteiger partial charge in [-0.3, -0.25) is 0 Å². The lowest BCUT2D eigenvalue weighted by Gasteiger charge is -2.26. The minimum absolute atomic E-state index is 0.919. The summed E-state index contributed by atoms with van der Waals surface area (Å²) in [7, 11) is 0. The molecule has 0 fully saturated rings. The monoisotopic (exact) mass is 325 g/mol. The quantitative estimate of drug-likeness (QED) is 0.602. The van der Waals surface area contributed by atoms with E-state index in [0.717, 1.165) is 28.2 Å². The number of hydrogen-bond acceptors (Lipinski definition) is 1. The topological polar surface area (TPSA) is 20.4 Å². The Morgan fingerprint density at radius 3 is 1.92 bits per heavy atom. The van der Waals surface area contributed by atoms with Crippen LogP contribution in [0.3, 0.4) is 0 Å². The molecule has 0 bridgehead atoms. The zero-order chi connectivity index (χ0) is 17.2. The van der Waals surface area contributed by atoms with Crippen molar-refractivity contribution in [3.05, 3.63) is 107 Å². The normalized spacial score (nSPS) is 14.0. The minimum Gasteiger partial charge on any atom is -0.530 e. The van der Waals surface area contributed by atoms with Gasteiger partial charge in [-0.1, -0.05) is 70.9 Å². The highest BCUT2D eigenvalue weighted by Gasteiger charge is 2.27. The Balaban J connectivity index is 1.82. The summed E-state index contributed by atoms with van der Waals surface area (Å²) >= 11 is 0. The summed E-state index contributed by atoms with van der Waals surface area (Å²) in [5.41, 5.74) is 11.2. The van der Waals surface area contributed by atoms with E-state index in [0.29, 0.717) is 0 Å². The Hall–Kier alpha value is -3.33. The van der Waals surface area contributed by atoms with Crippen LogP contribution >= 0.6 is 0 Å². The van der Waals surface area contributed by atoms with Crippen LogP contribution in [0.15, 0.2) is 84.9 Å². The van der Waals surface area contributed by atoms with E-state index in [2.05, 4.69) is 62.2 Å². The number of aryl methyl sites for hydroxylation is 1. The van der Waals surface area contributed by atoms with Gasteiger partial charge in [-0.05, 0) is 42.4 Å². The standard InChI is InChI=1S/C22H19N3/c1-17-13-15-20(16-14-17)25-23-21(18-9-5-3-6-10-18)22(24(25)2)19-11-7-4-8-12-19/h3-16H,2H2,1H3. The van der Waals surface area contributed by atoms with Crippen molar-refractivity contribution in [3.8, 4) is 0 Å². The molecule has 122 valence electrons. The van der Waals surface area contributed by atoms with Crippen LogP contribution in [0.2, 0.25) is 0 Å². The second kappa shape index (κ2) is 6.29. The average Bonchev–Trinajstić information content (AvgIpc) is 3.01. The predicted molar refractivity (Wildman–Crippen MR) is 104 cm³/mol. The highest BCUT2D eigenvalue weighted by atomic mass is 15.8. The number of anilines is 1. The molecule has 0 aromatic heterocycles. The van der Waals surface area contributed by atoms with Crippen molar-refractivity contribution >= 4 is 23.8 Å². The van der Waals surface area contributed by atoms with Gasteiger partial charge in [0.1, 0.15) is 0 Å². The summed E-state index contributed by atoms with van der Waals surface area (Å²) in [6, 6.07) is 28.8. The van der Waals surface area contributed by atoms with Crippen LogP contribution < -0.4 is 5.12 Å². The van der Waals surface area contributed by atoms with Gasteiger partial charge in [0.05, 0.1) is 5.69 Å². The fourth-order valence-corrected chi connectivity index (χ4v) is 2.96. The Morgan fingerprint density at radius 1 is 0.760 bits per heavy atom. The highest BCUT2D eigenvalue weighted by Crippen LogP contribution is 2.41. The molecule has 3 aromatic rings. The van der Waals surface area contributed by atoms with Gasteiger partial charge in [0, 0.05) is 5.56 Å². The maximum Gasteiger partial charge on any atom is 0.228 e. The maximum atomic E-state index is 4.87. The second-order valence-corrected chi connectivity index (χ2v) is 6.05. The minimum atomic E-state index is 0.919. The molecule has 3 aromatic carbocycles. The SMILES string of the molecule is C=[N+]1C(c2ccccc2)=C(c2ccccc2)[N-]N1c1ccc(C)cc1. The van der Waals surface area contributed by atoms with Gasteiger partial charge in [0.15, 0.2) is 6.72 Å². The fraction of sp³-hybridized carbons (Fsp3) is 0.0455. The van der Waals surface area contributed by atoms with Crippen molar-refractivity contribution in [2.75, 3.05) is 5.12 Å². The first-order chi connectivity index (χ1) is 12.2. The van der Waals surface area contributed by atoms with Crippen molar-refractivity contribution < 1.29 is 4.68 Å². The van der Waals surface area contributed by atoms with Crippen LogP contribution in [0.25, 0.3) is 16.8 Å². The number of hydrazine groups is 1. The molecule has 25 heavy (non-hydrogen) atoms. The number of hydrogen-bond donors (Lipinski definition) is 0. The van der Waals surface area contributed by atoms with Crippen LogP contribution in [0.1, 0.15) is 16.7 Å². The highest BCUT2D eigenvalue weighted by molar-refractivity contribution is 5.96. The van der Waals surface area contributed by atoms with Crippen molar-refractivity contribution in [1.29, 1.82) is 0 Å². The van der Waals surface area contributed by atoms with Gasteiger partial charge in [0.25, 0.3) is 0 Å². The summed E-state index contributed by atoms with van der Waals surface area (Å²) in [6.07, 6.45) is 0. The van der Waals surface area contributed by atoms with Crippen molar-refractivity contribution in [2.24, 2.45) is 0 Å². The maximum absolute atomic E-state index is 4.87. The summed E-state index contributed by atoms with van der Waals surface area (Å²) in [4.78, 5) is 0. The molecule has 0 N–H and O–H groups in total. The fourth-order valence-electron chi connectivity index (χ4n) is 2.96. The van der Waals surface area contributed by atoms with Crippen LogP contribution in [0, 0.1) is 6.92 Å². The van der Waals surface area contributed by atoms with E-state index in [1.54, 1.807) is 0 Å². The molecule has 0 saturated heterocycles. The van der Waals surface area contributed by atoms with Gasteiger partial charge in [-0.25, -0.2) is 5.12 Å². The zero-order valence-corrected chi connectivity index (χ0v) is 14.1. The summed E-state index contributed by atoms with van der Waals surface area (Å²) in [5.74, 6) is 0. The molecular weight excluding hydrogens is 306 g/mol. The molecule has 0 radical (unpaired) electrons. The van der Waals surface area contributed by atoms with Crippen LogP contribution in [0.4, 0.5) is 5.69 Å². The molecule has 1 aliphatic heterocycles. The van der Waals surface area contributed by atoms with E-state index in [-0.39, 0.29) is 0 Å². The Morgan fingerprint density at radius 2 is 1.32 bits per heavy atom. The van der Waals surface area contributed by atoms with E-state index in [9.17, 15) is 0 Å². The predicted octanol–water partition coefficient (Wildman–Crippen LogP) is 5.26. The number of rotatable bonds is 3. The van der Waals surface area contributed by atoms with Crippen molar-refractivity contribution in [2.45, 2.75) is 6.92 Å². The zero-order valence-electron chi connectivity index (χ0n) is 14.1. The van der Waals surface area contributed by atoms with Crippen molar-refractivity contribution in [3.63, 3.8) is 0 Å². The van der Waals surface area contributed by atoms with Crippen LogP contribution in [-0.4, -0.2) is 11.4 Å². The lowest BCUT2D eigenvalue weighted by atomic mass is 10.1. The Bertz CT molecular complexity index is 926. The lowest BCUT2D eigenvalue weighted by Crippen LogP contribution is -2.23. The first kappa shape index (κ1) is 15.2. The van der Waals surface area contributed by atoms with E-state index in [4.69, 9.17) is 5.43 Å². The molecule has 0 unspecified atom stereocenters. The van der Waals surface area contributed by atoms with Crippen LogP contribution in [-0.2, 0) is 0 Å². The third kappa shape index (κ3) is 2.81. The molecule has 0 atom stereocenters. The van der Waals surface area contributed by atoms with E-state index in [1.807, 2.05) is 46.2 Å². The number of nitrogens with zero attached hydrogens (tertiary/aromatic N) is 3. The molecule has 0 spiro atoms. The molecule has 0 amide bonds. The largest absolute Gasteiger partial charge is 0.530 e. The molecular formula is C22H19N3. The third-order valence-corrected chi connectivity index (χ3v) is 4.27. The second-order valence-electron chi connectivity index (χ2n) is 6.05. The van der Waals surface area contributed by atoms with Gasteiger partial charge >= 0.3 is 0 Å². The molecule has 0 saturated carbocycles. The van der Waals surface area contributed by atoms with E-state index >= 15 is 0 Å². The molecule has 0 aliphatic carbocycles. The first-order valence-corrected chi connectivity index (χ1v) is 8.28. The molecule has 1 heterocycles. The summed E-state index contributed by atoms with van der Waals surface area (Å²) < 4.78 is 1.86. The number of hydrazone groups is 1. The summed E-state index contributed by atoms with van der Waals surface area (Å²) in [5, 5.41) is 1.85. The van der Waals surface area contributed by atoms with Gasteiger partial charge in [0.2, 0.25) is 5.70 Å². The van der Waals surface area contributed by atoms with Gasteiger partial charge in [-0.2, -0.15) is 0 Å². The Kier molecular flexibility index (Phi) is 3.82. The van der Waals surface area contributed by atoms with E-state index in [1.165, 1.54) is 5.56 Å². The van der Waals surface area contributed by atoms with Crippen molar-refractivity contribution in [1.82, 2.24) is 0 Å². The van der Waals surface area contributed by atoms with E-state index < -0.39 is 0 Å². The Labute approximate surface area is 148 Å². The lowest BCUT2D eigenvalue weighted by molar-refractivity contribution is -0.423. The molecule has 4 rings (SSSR count).